The molecule has 0 radical (unpaired) electrons. The number of aryl methyl sites for hydroxylation is 1. The standard InChI is InChI=1S/C14H22BrNO3/c1-10-4-12(15)6-13(5-10)16-7-14(17)9-19-11(2)8-18-3/h4-6,11,14,16-17H,7-9H2,1-3H3. The number of aliphatic hydroxyl groups excluding tert-OH is 1. The Morgan fingerprint density at radius 2 is 2.05 bits per heavy atom. The Morgan fingerprint density at radius 3 is 2.68 bits per heavy atom. The van der Waals surface area contributed by atoms with Gasteiger partial charge in [0, 0.05) is 23.8 Å². The molecule has 0 amide bonds. The molecule has 19 heavy (non-hydrogen) atoms. The molecule has 0 aromatic heterocycles. The predicted octanol–water partition coefficient (Wildman–Crippen LogP) is 2.58. The molecule has 0 spiro atoms. The van der Waals surface area contributed by atoms with Crippen molar-refractivity contribution in [1.82, 2.24) is 0 Å². The van der Waals surface area contributed by atoms with Gasteiger partial charge in [-0.25, -0.2) is 0 Å². The van der Waals surface area contributed by atoms with E-state index in [1.54, 1.807) is 7.11 Å². The van der Waals surface area contributed by atoms with E-state index in [1.165, 1.54) is 0 Å². The van der Waals surface area contributed by atoms with Crippen LogP contribution in [-0.2, 0) is 9.47 Å². The van der Waals surface area contributed by atoms with E-state index >= 15 is 0 Å². The molecule has 2 N–H and O–H groups in total. The molecule has 0 heterocycles. The molecule has 2 unspecified atom stereocenters. The van der Waals surface area contributed by atoms with Gasteiger partial charge in [0.2, 0.25) is 0 Å². The van der Waals surface area contributed by atoms with E-state index < -0.39 is 6.10 Å². The van der Waals surface area contributed by atoms with Crippen LogP contribution in [0.25, 0.3) is 0 Å². The zero-order valence-corrected chi connectivity index (χ0v) is 13.2. The summed E-state index contributed by atoms with van der Waals surface area (Å²) in [6.07, 6.45) is -0.550. The average Bonchev–Trinajstić information content (AvgIpc) is 2.33. The van der Waals surface area contributed by atoms with Crippen LogP contribution in [0.4, 0.5) is 5.69 Å². The quantitative estimate of drug-likeness (QED) is 0.768. The minimum atomic E-state index is -0.543. The van der Waals surface area contributed by atoms with Gasteiger partial charge in [-0.3, -0.25) is 0 Å². The van der Waals surface area contributed by atoms with Crippen molar-refractivity contribution >= 4 is 21.6 Å². The summed E-state index contributed by atoms with van der Waals surface area (Å²) in [5, 5.41) is 13.0. The van der Waals surface area contributed by atoms with Gasteiger partial charge in [-0.1, -0.05) is 15.9 Å². The van der Waals surface area contributed by atoms with Gasteiger partial charge >= 0.3 is 0 Å². The fourth-order valence-corrected chi connectivity index (χ4v) is 2.30. The highest BCUT2D eigenvalue weighted by atomic mass is 79.9. The van der Waals surface area contributed by atoms with Crippen molar-refractivity contribution < 1.29 is 14.6 Å². The topological polar surface area (TPSA) is 50.7 Å². The first-order valence-corrected chi connectivity index (χ1v) is 7.10. The molecule has 4 nitrogen and oxygen atoms in total. The lowest BCUT2D eigenvalue weighted by molar-refractivity contribution is -0.0282. The number of methoxy groups -OCH3 is 1. The summed E-state index contributed by atoms with van der Waals surface area (Å²) in [6.45, 7) is 5.23. The monoisotopic (exact) mass is 331 g/mol. The van der Waals surface area contributed by atoms with Crippen molar-refractivity contribution in [3.63, 3.8) is 0 Å². The molecule has 108 valence electrons. The molecule has 0 fully saturated rings. The maximum absolute atomic E-state index is 9.83. The third-order valence-corrected chi connectivity index (χ3v) is 3.02. The fraction of sp³-hybridized carbons (Fsp3) is 0.571. The average molecular weight is 332 g/mol. The molecular weight excluding hydrogens is 310 g/mol. The van der Waals surface area contributed by atoms with Crippen LogP contribution >= 0.6 is 15.9 Å². The van der Waals surface area contributed by atoms with E-state index in [9.17, 15) is 5.11 Å². The van der Waals surface area contributed by atoms with Crippen LogP contribution in [0.1, 0.15) is 12.5 Å². The van der Waals surface area contributed by atoms with E-state index in [0.29, 0.717) is 19.8 Å². The SMILES string of the molecule is COCC(C)OCC(O)CNc1cc(C)cc(Br)c1. The Morgan fingerprint density at radius 1 is 1.32 bits per heavy atom. The number of hydrogen-bond acceptors (Lipinski definition) is 4. The Hall–Kier alpha value is -0.620. The van der Waals surface area contributed by atoms with Gasteiger partial charge in [0.05, 0.1) is 25.4 Å². The molecule has 2 atom stereocenters. The smallest absolute Gasteiger partial charge is 0.0945 e. The summed E-state index contributed by atoms with van der Waals surface area (Å²) < 4.78 is 11.4. The van der Waals surface area contributed by atoms with Gasteiger partial charge in [0.25, 0.3) is 0 Å². The summed E-state index contributed by atoms with van der Waals surface area (Å²) in [5.74, 6) is 0. The molecule has 1 aromatic carbocycles. The molecular formula is C14H22BrNO3. The summed E-state index contributed by atoms with van der Waals surface area (Å²) in [7, 11) is 1.63. The van der Waals surface area contributed by atoms with Crippen molar-refractivity contribution in [3.8, 4) is 0 Å². The third-order valence-electron chi connectivity index (χ3n) is 2.56. The van der Waals surface area contributed by atoms with Crippen molar-refractivity contribution in [3.05, 3.63) is 28.2 Å². The molecule has 0 aliphatic carbocycles. The van der Waals surface area contributed by atoms with Crippen molar-refractivity contribution in [2.75, 3.05) is 32.2 Å². The highest BCUT2D eigenvalue weighted by Crippen LogP contribution is 2.18. The fourth-order valence-electron chi connectivity index (χ4n) is 1.69. The number of aliphatic hydroxyl groups is 1. The first-order valence-electron chi connectivity index (χ1n) is 6.31. The lowest BCUT2D eigenvalue weighted by Gasteiger charge is -2.17. The maximum atomic E-state index is 9.83. The number of halogens is 1. The second-order valence-electron chi connectivity index (χ2n) is 4.65. The van der Waals surface area contributed by atoms with E-state index in [4.69, 9.17) is 9.47 Å². The maximum Gasteiger partial charge on any atom is 0.0945 e. The van der Waals surface area contributed by atoms with E-state index in [1.807, 2.05) is 32.0 Å². The Labute approximate surface area is 123 Å². The molecule has 5 heteroatoms. The van der Waals surface area contributed by atoms with Gasteiger partial charge in [-0.05, 0) is 37.6 Å². The van der Waals surface area contributed by atoms with Crippen molar-refractivity contribution in [2.45, 2.75) is 26.1 Å². The zero-order chi connectivity index (χ0) is 14.3. The van der Waals surface area contributed by atoms with Crippen molar-refractivity contribution in [2.24, 2.45) is 0 Å². The summed E-state index contributed by atoms with van der Waals surface area (Å²) in [6, 6.07) is 6.05. The minimum Gasteiger partial charge on any atom is -0.389 e. The first-order chi connectivity index (χ1) is 9.01. The van der Waals surface area contributed by atoms with Gasteiger partial charge in [-0.15, -0.1) is 0 Å². The zero-order valence-electron chi connectivity index (χ0n) is 11.6. The van der Waals surface area contributed by atoms with Crippen LogP contribution in [0.5, 0.6) is 0 Å². The molecule has 1 aromatic rings. The van der Waals surface area contributed by atoms with Crippen LogP contribution in [0.15, 0.2) is 22.7 Å². The van der Waals surface area contributed by atoms with Gasteiger partial charge in [0.15, 0.2) is 0 Å². The van der Waals surface area contributed by atoms with Crippen LogP contribution < -0.4 is 5.32 Å². The number of anilines is 1. The Bertz CT molecular complexity index is 367. The number of nitrogens with one attached hydrogen (secondary N) is 1. The van der Waals surface area contributed by atoms with Crippen LogP contribution in [0.3, 0.4) is 0 Å². The van der Waals surface area contributed by atoms with Gasteiger partial charge < -0.3 is 19.9 Å². The van der Waals surface area contributed by atoms with Crippen molar-refractivity contribution in [1.29, 1.82) is 0 Å². The normalized spacial score (nSPS) is 14.2. The third kappa shape index (κ3) is 6.92. The van der Waals surface area contributed by atoms with Gasteiger partial charge in [0.1, 0.15) is 0 Å². The second kappa shape index (κ2) is 8.53. The Kier molecular flexibility index (Phi) is 7.38. The van der Waals surface area contributed by atoms with Gasteiger partial charge in [-0.2, -0.15) is 0 Å². The highest BCUT2D eigenvalue weighted by Gasteiger charge is 2.08. The largest absolute Gasteiger partial charge is 0.389 e. The van der Waals surface area contributed by atoms with E-state index in [2.05, 4.69) is 21.2 Å². The summed E-state index contributed by atoms with van der Waals surface area (Å²) >= 11 is 3.45. The molecule has 0 saturated carbocycles. The van der Waals surface area contributed by atoms with E-state index in [-0.39, 0.29) is 6.10 Å². The summed E-state index contributed by atoms with van der Waals surface area (Å²) in [4.78, 5) is 0. The lowest BCUT2D eigenvalue weighted by Crippen LogP contribution is -2.28. The highest BCUT2D eigenvalue weighted by molar-refractivity contribution is 9.10. The molecule has 1 rings (SSSR count). The predicted molar refractivity (Wildman–Crippen MR) is 80.7 cm³/mol. The van der Waals surface area contributed by atoms with Crippen LogP contribution in [0, 0.1) is 6.92 Å². The molecule has 0 aliphatic rings. The lowest BCUT2D eigenvalue weighted by atomic mass is 10.2. The molecule has 0 bridgehead atoms. The number of hydrogen-bond donors (Lipinski definition) is 2. The van der Waals surface area contributed by atoms with Crippen LogP contribution in [0.2, 0.25) is 0 Å². The minimum absolute atomic E-state index is 0.00670. The number of rotatable bonds is 8. The molecule has 0 saturated heterocycles. The Balaban J connectivity index is 2.31. The molecule has 0 aliphatic heterocycles. The number of benzene rings is 1. The van der Waals surface area contributed by atoms with Crippen LogP contribution in [-0.4, -0.2) is 44.2 Å². The first kappa shape index (κ1) is 16.4. The number of ether oxygens (including phenoxy) is 2. The van der Waals surface area contributed by atoms with E-state index in [0.717, 1.165) is 15.7 Å². The second-order valence-corrected chi connectivity index (χ2v) is 5.57. The summed E-state index contributed by atoms with van der Waals surface area (Å²) in [5.41, 5.74) is 2.15.